The molecule has 1 fully saturated rings. The third kappa shape index (κ3) is 7.48. The van der Waals surface area contributed by atoms with Gasteiger partial charge in [0.1, 0.15) is 0 Å². The molecule has 11 heteroatoms. The lowest BCUT2D eigenvalue weighted by Crippen LogP contribution is -2.37. The number of likely N-dealkylation sites (tertiary alicyclic amines) is 1. The Balaban J connectivity index is 2.00. The highest BCUT2D eigenvalue weighted by Gasteiger charge is 2.39. The average Bonchev–Trinajstić information content (AvgIpc) is 3.32. The molecule has 1 aliphatic rings. The standard InChI is InChI=1S/C28H39NO9S/c1-6-36-25-17-20(18-26(37-7-2)27(25)38-8-3)28(30)29-14-13-21(22(29)10-9-15-39(31,32)33)19-11-12-23(34-4)24(16-19)35-5/h11-12,16-18,21-22H,6-10,13-15H2,1-5H3,(H,31,32,33). The normalized spacial score (nSPS) is 17.1. The molecule has 1 amide bonds. The van der Waals surface area contributed by atoms with E-state index in [0.717, 1.165) is 5.56 Å². The van der Waals surface area contributed by atoms with Gasteiger partial charge in [0.05, 0.1) is 39.8 Å². The van der Waals surface area contributed by atoms with Crippen molar-refractivity contribution in [2.45, 2.75) is 52.0 Å². The van der Waals surface area contributed by atoms with Crippen molar-refractivity contribution in [3.05, 3.63) is 41.5 Å². The molecule has 39 heavy (non-hydrogen) atoms. The van der Waals surface area contributed by atoms with Gasteiger partial charge in [-0.25, -0.2) is 0 Å². The highest BCUT2D eigenvalue weighted by molar-refractivity contribution is 7.85. The van der Waals surface area contributed by atoms with Crippen molar-refractivity contribution in [2.75, 3.05) is 46.3 Å². The van der Waals surface area contributed by atoms with Crippen LogP contribution in [0.5, 0.6) is 28.7 Å². The Morgan fingerprint density at radius 2 is 1.54 bits per heavy atom. The summed E-state index contributed by atoms with van der Waals surface area (Å²) in [6.07, 6.45) is 1.26. The largest absolute Gasteiger partial charge is 0.493 e. The molecule has 0 bridgehead atoms. The molecule has 0 aromatic heterocycles. The molecular weight excluding hydrogens is 526 g/mol. The van der Waals surface area contributed by atoms with Crippen LogP contribution in [0.4, 0.5) is 0 Å². The maximum absolute atomic E-state index is 14.0. The summed E-state index contributed by atoms with van der Waals surface area (Å²) in [5.41, 5.74) is 1.34. The second kappa shape index (κ2) is 13.7. The maximum Gasteiger partial charge on any atom is 0.264 e. The van der Waals surface area contributed by atoms with Crippen molar-refractivity contribution in [2.24, 2.45) is 0 Å². The Morgan fingerprint density at radius 3 is 2.08 bits per heavy atom. The molecule has 3 rings (SSSR count). The van der Waals surface area contributed by atoms with Gasteiger partial charge in [0.15, 0.2) is 23.0 Å². The zero-order valence-electron chi connectivity index (χ0n) is 23.3. The van der Waals surface area contributed by atoms with E-state index in [2.05, 4.69) is 0 Å². The summed E-state index contributed by atoms with van der Waals surface area (Å²) < 4.78 is 60.4. The molecule has 1 aliphatic heterocycles. The summed E-state index contributed by atoms with van der Waals surface area (Å²) in [5, 5.41) is 0. The number of hydrogen-bond acceptors (Lipinski definition) is 8. The molecule has 1 heterocycles. The van der Waals surface area contributed by atoms with Crippen LogP contribution in [-0.4, -0.2) is 76.2 Å². The van der Waals surface area contributed by atoms with Gasteiger partial charge in [-0.2, -0.15) is 8.42 Å². The number of amides is 1. The molecule has 2 aromatic rings. The Hall–Kier alpha value is -3.18. The van der Waals surface area contributed by atoms with Crippen molar-refractivity contribution >= 4 is 16.0 Å². The Labute approximate surface area is 230 Å². The van der Waals surface area contributed by atoms with Crippen LogP contribution in [-0.2, 0) is 10.1 Å². The van der Waals surface area contributed by atoms with E-state index in [9.17, 15) is 17.8 Å². The molecule has 2 aromatic carbocycles. The molecule has 1 saturated heterocycles. The lowest BCUT2D eigenvalue weighted by Gasteiger charge is -2.29. The van der Waals surface area contributed by atoms with Crippen LogP contribution in [0.2, 0.25) is 0 Å². The fourth-order valence-corrected chi connectivity index (χ4v) is 5.62. The second-order valence-electron chi connectivity index (χ2n) is 9.10. The Kier molecular flexibility index (Phi) is 10.7. The van der Waals surface area contributed by atoms with Crippen LogP contribution in [0.25, 0.3) is 0 Å². The van der Waals surface area contributed by atoms with Crippen molar-refractivity contribution in [1.29, 1.82) is 0 Å². The van der Waals surface area contributed by atoms with Crippen molar-refractivity contribution in [3.8, 4) is 28.7 Å². The molecule has 1 N–H and O–H groups in total. The van der Waals surface area contributed by atoms with Crippen LogP contribution in [0.15, 0.2) is 30.3 Å². The number of rotatable bonds is 14. The van der Waals surface area contributed by atoms with E-state index in [1.54, 1.807) is 31.3 Å². The molecule has 2 atom stereocenters. The van der Waals surface area contributed by atoms with Crippen molar-refractivity contribution in [3.63, 3.8) is 0 Å². The van der Waals surface area contributed by atoms with Gasteiger partial charge in [-0.05, 0) is 69.9 Å². The highest BCUT2D eigenvalue weighted by Crippen LogP contribution is 2.43. The molecule has 0 saturated carbocycles. The van der Waals surface area contributed by atoms with E-state index in [-0.39, 0.29) is 30.0 Å². The quantitative estimate of drug-likeness (QED) is 0.329. The minimum absolute atomic E-state index is 0.0735. The summed E-state index contributed by atoms with van der Waals surface area (Å²) in [6, 6.07) is 8.67. The highest BCUT2D eigenvalue weighted by atomic mass is 32.2. The van der Waals surface area contributed by atoms with Crippen molar-refractivity contribution in [1.82, 2.24) is 4.90 Å². The number of hydrogen-bond donors (Lipinski definition) is 1. The summed E-state index contributed by atoms with van der Waals surface area (Å²) in [6.45, 7) is 7.20. The number of nitrogens with zero attached hydrogens (tertiary/aromatic N) is 1. The Bertz CT molecular complexity index is 1200. The third-order valence-electron chi connectivity index (χ3n) is 6.70. The molecule has 2 unspecified atom stereocenters. The van der Waals surface area contributed by atoms with Crippen LogP contribution >= 0.6 is 0 Å². The van der Waals surface area contributed by atoms with Gasteiger partial charge in [-0.15, -0.1) is 0 Å². The van der Waals surface area contributed by atoms with Gasteiger partial charge in [0, 0.05) is 24.1 Å². The molecule has 0 aliphatic carbocycles. The van der Waals surface area contributed by atoms with E-state index >= 15 is 0 Å². The minimum Gasteiger partial charge on any atom is -0.493 e. The molecule has 216 valence electrons. The predicted molar refractivity (Wildman–Crippen MR) is 147 cm³/mol. The topological polar surface area (TPSA) is 121 Å². The van der Waals surface area contributed by atoms with E-state index in [1.807, 2.05) is 39.0 Å². The first-order valence-corrected chi connectivity index (χ1v) is 14.8. The second-order valence-corrected chi connectivity index (χ2v) is 10.7. The average molecular weight is 566 g/mol. The zero-order chi connectivity index (χ0) is 28.6. The van der Waals surface area contributed by atoms with Crippen LogP contribution in [0, 0.1) is 0 Å². The SMILES string of the molecule is CCOc1cc(C(=O)N2CCC(c3ccc(OC)c(OC)c3)C2CCCS(=O)(=O)O)cc(OCC)c1OCC. The molecule has 10 nitrogen and oxygen atoms in total. The Morgan fingerprint density at radius 1 is 0.923 bits per heavy atom. The van der Waals surface area contributed by atoms with E-state index in [1.165, 1.54) is 0 Å². The summed E-state index contributed by atoms with van der Waals surface area (Å²) in [5.74, 6) is 1.79. The zero-order valence-corrected chi connectivity index (χ0v) is 24.1. The smallest absolute Gasteiger partial charge is 0.264 e. The van der Waals surface area contributed by atoms with Gasteiger partial charge >= 0.3 is 0 Å². The van der Waals surface area contributed by atoms with Gasteiger partial charge in [-0.1, -0.05) is 6.07 Å². The van der Waals surface area contributed by atoms with Gasteiger partial charge in [0.25, 0.3) is 16.0 Å². The van der Waals surface area contributed by atoms with Crippen molar-refractivity contribution < 1.29 is 41.4 Å². The number of methoxy groups -OCH3 is 2. The minimum atomic E-state index is -4.13. The van der Waals surface area contributed by atoms with E-state index in [0.29, 0.717) is 73.5 Å². The third-order valence-corrected chi connectivity index (χ3v) is 7.51. The van der Waals surface area contributed by atoms with Gasteiger partial charge < -0.3 is 28.6 Å². The predicted octanol–water partition coefficient (Wildman–Crippen LogP) is 4.57. The monoisotopic (exact) mass is 565 g/mol. The van der Waals surface area contributed by atoms with E-state index in [4.69, 9.17) is 23.7 Å². The molecule has 0 radical (unpaired) electrons. The first-order valence-electron chi connectivity index (χ1n) is 13.2. The molecule has 0 spiro atoms. The number of carbonyl (C=O) groups is 1. The van der Waals surface area contributed by atoms with Gasteiger partial charge in [-0.3, -0.25) is 9.35 Å². The van der Waals surface area contributed by atoms with Gasteiger partial charge in [0.2, 0.25) is 5.75 Å². The fraction of sp³-hybridized carbons (Fsp3) is 0.536. The fourth-order valence-electron chi connectivity index (χ4n) is 5.09. The first kappa shape index (κ1) is 30.4. The number of benzene rings is 2. The van der Waals surface area contributed by atoms with Crippen LogP contribution in [0.1, 0.15) is 61.9 Å². The summed E-state index contributed by atoms with van der Waals surface area (Å²) >= 11 is 0. The number of ether oxygens (including phenoxy) is 5. The maximum atomic E-state index is 14.0. The number of carbonyl (C=O) groups excluding carboxylic acids is 1. The molecular formula is C28H39NO9S. The lowest BCUT2D eigenvalue weighted by molar-refractivity contribution is 0.0722. The summed E-state index contributed by atoms with van der Waals surface area (Å²) in [7, 11) is -1.00. The first-order chi connectivity index (χ1) is 18.7. The van der Waals surface area contributed by atoms with Crippen LogP contribution < -0.4 is 23.7 Å². The van der Waals surface area contributed by atoms with E-state index < -0.39 is 10.1 Å². The lowest BCUT2D eigenvalue weighted by atomic mass is 9.89. The summed E-state index contributed by atoms with van der Waals surface area (Å²) in [4.78, 5) is 15.7. The van der Waals surface area contributed by atoms with Crippen LogP contribution in [0.3, 0.4) is 0 Å².